The van der Waals surface area contributed by atoms with Gasteiger partial charge in [0.15, 0.2) is 0 Å². The molecule has 56 heavy (non-hydrogen) atoms. The number of benzene rings is 4. The van der Waals surface area contributed by atoms with E-state index in [-0.39, 0.29) is 107 Å². The van der Waals surface area contributed by atoms with Crippen LogP contribution in [0, 0.1) is 0 Å². The van der Waals surface area contributed by atoms with Gasteiger partial charge in [-0.1, -0.05) is 23.6 Å². The Labute approximate surface area is 361 Å². The van der Waals surface area contributed by atoms with Gasteiger partial charge >= 0.3 is 83.0 Å². The minimum atomic E-state index is -1.34. The number of nitrogens with zero attached hydrogens (tertiary/aromatic N) is 4. The molecule has 0 saturated carbocycles. The second-order valence-corrected chi connectivity index (χ2v) is 10.3. The molecule has 10 N–H and O–H groups in total. The average Bonchev–Trinajstić information content (AvgIpc) is 3.11. The maximum atomic E-state index is 11.8. The van der Waals surface area contributed by atoms with Crippen molar-refractivity contribution in [2.45, 2.75) is 12.8 Å². The van der Waals surface area contributed by atoms with Crippen LogP contribution in [-0.4, -0.2) is 80.2 Å². The van der Waals surface area contributed by atoms with Crippen LogP contribution in [0.15, 0.2) is 105 Å². The van der Waals surface area contributed by atoms with Crippen LogP contribution in [0.25, 0.3) is 0 Å². The van der Waals surface area contributed by atoms with E-state index >= 15 is 0 Å². The molecular formula is C34H32N6Na2O14. The quantitative estimate of drug-likeness (QED) is 0.0535. The minimum Gasteiger partial charge on any atom is -0.872 e. The van der Waals surface area contributed by atoms with Crippen LogP contribution in [0.1, 0.15) is 54.3 Å². The van der Waals surface area contributed by atoms with Crippen molar-refractivity contribution in [3.05, 3.63) is 107 Å². The number of aromatic carboxylic acids is 2. The van der Waals surface area contributed by atoms with Gasteiger partial charge in [0.25, 0.3) is 11.8 Å². The van der Waals surface area contributed by atoms with Gasteiger partial charge in [0.1, 0.15) is 0 Å². The first-order chi connectivity index (χ1) is 24.7. The van der Waals surface area contributed by atoms with Gasteiger partial charge in [-0.05, 0) is 72.8 Å². The van der Waals surface area contributed by atoms with E-state index < -0.39 is 58.3 Å². The van der Waals surface area contributed by atoms with Gasteiger partial charge in [-0.25, -0.2) is 9.59 Å². The van der Waals surface area contributed by atoms with E-state index in [4.69, 9.17) is 20.4 Å². The maximum Gasteiger partial charge on any atom is 1.00 e. The van der Waals surface area contributed by atoms with E-state index in [9.17, 15) is 39.0 Å². The summed E-state index contributed by atoms with van der Waals surface area (Å²) in [7, 11) is 0. The van der Waals surface area contributed by atoms with Crippen molar-refractivity contribution in [1.82, 2.24) is 10.6 Å². The third-order valence-corrected chi connectivity index (χ3v) is 6.46. The van der Waals surface area contributed by atoms with Crippen LogP contribution in [0.3, 0.4) is 0 Å². The third kappa shape index (κ3) is 17.7. The average molecular weight is 795 g/mol. The Morgan fingerprint density at radius 2 is 0.768 bits per heavy atom. The fourth-order valence-corrected chi connectivity index (χ4v) is 3.85. The summed E-state index contributed by atoms with van der Waals surface area (Å²) >= 11 is 0. The molecule has 0 saturated heterocycles. The van der Waals surface area contributed by atoms with Crippen molar-refractivity contribution in [3.8, 4) is 11.5 Å². The number of carbonyl (C=O) groups is 6. The fourth-order valence-electron chi connectivity index (χ4n) is 3.85. The summed E-state index contributed by atoms with van der Waals surface area (Å²) in [6.07, 6.45) is -0.336. The molecule has 0 unspecified atom stereocenters. The number of azo groups is 2. The number of rotatable bonds is 14. The zero-order valence-electron chi connectivity index (χ0n) is 29.8. The standard InChI is InChI=1S/2C17H15N3O6.2Na.2H2O/c2*21-14-6-5-12(9-13(14)17(25)26)20-19-11-3-1-10(2-4-11)16(24)18-8-7-15(22)23;;;;/h2*1-6,9,21H,7-8H2,(H,18,24)(H,22,23)(H,25,26);;;2*1H2/q;;2*+1;;/p-2. The smallest absolute Gasteiger partial charge is 0.872 e. The summed E-state index contributed by atoms with van der Waals surface area (Å²) in [6, 6.07) is 19.2. The number of aliphatic carboxylic acids is 2. The second-order valence-electron chi connectivity index (χ2n) is 10.3. The fraction of sp³-hybridized carbons (Fsp3) is 0.118. The van der Waals surface area contributed by atoms with E-state index in [0.717, 1.165) is 24.3 Å². The first-order valence-corrected chi connectivity index (χ1v) is 14.9. The third-order valence-electron chi connectivity index (χ3n) is 6.46. The Bertz CT molecular complexity index is 1880. The SMILES string of the molecule is O.O.O=C(O)CCNC(=O)c1ccc(N=Nc2ccc([O-])c(C(=O)O)c2)cc1.O=C(O)CCNC(=O)c1ccc(N=Nc2ccc([O-])c(C(=O)O)c2)cc1.[Na+].[Na+]. The first kappa shape index (κ1) is 52.5. The predicted molar refractivity (Wildman–Crippen MR) is 183 cm³/mol. The van der Waals surface area contributed by atoms with E-state index in [1.807, 2.05) is 0 Å². The molecule has 0 fully saturated rings. The zero-order valence-corrected chi connectivity index (χ0v) is 33.8. The van der Waals surface area contributed by atoms with E-state index in [1.54, 1.807) is 0 Å². The van der Waals surface area contributed by atoms with Crippen LogP contribution < -0.4 is 80.0 Å². The van der Waals surface area contributed by atoms with Gasteiger partial charge in [0.05, 0.1) is 46.7 Å². The molecule has 0 aliphatic rings. The second kappa shape index (κ2) is 26.3. The molecule has 0 spiro atoms. The molecular weight excluding hydrogens is 762 g/mol. The number of nitrogens with one attached hydrogen (secondary N) is 2. The zero-order chi connectivity index (χ0) is 38.2. The molecule has 0 aliphatic carbocycles. The molecule has 2 amide bonds. The Morgan fingerprint density at radius 3 is 1.05 bits per heavy atom. The number of hydrogen-bond donors (Lipinski definition) is 6. The molecule has 0 heterocycles. The molecule has 20 nitrogen and oxygen atoms in total. The van der Waals surface area contributed by atoms with E-state index in [2.05, 4.69) is 31.1 Å². The summed E-state index contributed by atoms with van der Waals surface area (Å²) in [5, 5.41) is 78.1. The molecule has 22 heteroatoms. The van der Waals surface area contributed by atoms with Crippen LogP contribution in [0.4, 0.5) is 22.7 Å². The van der Waals surface area contributed by atoms with Crippen molar-refractivity contribution >= 4 is 58.4 Å². The van der Waals surface area contributed by atoms with Gasteiger partial charge in [0, 0.05) is 24.2 Å². The van der Waals surface area contributed by atoms with Crippen molar-refractivity contribution in [2.75, 3.05) is 13.1 Å². The molecule has 0 atom stereocenters. The van der Waals surface area contributed by atoms with Gasteiger partial charge in [-0.3, -0.25) is 19.2 Å². The van der Waals surface area contributed by atoms with Gasteiger partial charge in [-0.2, -0.15) is 20.5 Å². The first-order valence-electron chi connectivity index (χ1n) is 14.9. The van der Waals surface area contributed by atoms with E-state index in [1.165, 1.54) is 60.7 Å². The monoisotopic (exact) mass is 794 g/mol. The molecule has 4 rings (SSSR count). The topological polar surface area (TPSA) is 366 Å². The van der Waals surface area contributed by atoms with Gasteiger partial charge in [0.2, 0.25) is 0 Å². The summed E-state index contributed by atoms with van der Waals surface area (Å²) in [4.78, 5) is 66.3. The van der Waals surface area contributed by atoms with Gasteiger partial charge < -0.3 is 52.2 Å². The predicted octanol–water partition coefficient (Wildman–Crippen LogP) is -3.48. The summed E-state index contributed by atoms with van der Waals surface area (Å²) in [5.41, 5.74) is 1.11. The summed E-state index contributed by atoms with van der Waals surface area (Å²) in [5.74, 6) is -6.74. The van der Waals surface area contributed by atoms with E-state index in [0.29, 0.717) is 22.5 Å². The number of carboxylic acids is 4. The Hall–Kier alpha value is -5.58. The van der Waals surface area contributed by atoms with Crippen LogP contribution in [-0.2, 0) is 9.59 Å². The molecule has 0 aromatic heterocycles. The van der Waals surface area contributed by atoms with Crippen molar-refractivity contribution in [3.63, 3.8) is 0 Å². The maximum absolute atomic E-state index is 11.8. The van der Waals surface area contributed by atoms with Crippen molar-refractivity contribution < 1.29 is 129 Å². The Kier molecular flexibility index (Phi) is 24.6. The number of carboxylic acid groups (broad SMARTS) is 4. The molecule has 4 aromatic rings. The molecule has 0 bridgehead atoms. The number of hydrogen-bond acceptors (Lipinski definition) is 12. The largest absolute Gasteiger partial charge is 1.00 e. The van der Waals surface area contributed by atoms with Gasteiger partial charge in [-0.15, -0.1) is 0 Å². The Balaban J connectivity index is 0. The van der Waals surface area contributed by atoms with Crippen molar-refractivity contribution in [2.24, 2.45) is 20.5 Å². The molecule has 0 aliphatic heterocycles. The number of carbonyl (C=O) groups excluding carboxylic acids is 2. The molecule has 4 aromatic carbocycles. The summed E-state index contributed by atoms with van der Waals surface area (Å²) in [6.45, 7) is 0.0501. The van der Waals surface area contributed by atoms with Crippen LogP contribution in [0.2, 0.25) is 0 Å². The van der Waals surface area contributed by atoms with Crippen molar-refractivity contribution in [1.29, 1.82) is 0 Å². The molecule has 284 valence electrons. The van der Waals surface area contributed by atoms with Crippen LogP contribution >= 0.6 is 0 Å². The number of amides is 2. The minimum absolute atomic E-state index is 0. The normalized spacial score (nSPS) is 9.86. The Morgan fingerprint density at radius 1 is 0.482 bits per heavy atom. The summed E-state index contributed by atoms with van der Waals surface area (Å²) < 4.78 is 0. The van der Waals surface area contributed by atoms with Crippen LogP contribution in [0.5, 0.6) is 11.5 Å². The molecule has 0 radical (unpaired) electrons.